The summed E-state index contributed by atoms with van der Waals surface area (Å²) in [4.78, 5) is 10.9. The summed E-state index contributed by atoms with van der Waals surface area (Å²) in [6, 6.07) is 74.0. The largest absolute Gasteiger partial charge is 0.344 e. The highest BCUT2D eigenvalue weighted by molar-refractivity contribution is 7.25. The van der Waals surface area contributed by atoms with Crippen LogP contribution in [0.15, 0.2) is 216 Å². The molecule has 2 aromatic heterocycles. The first-order valence-electron chi connectivity index (χ1n) is 20.3. The molecule has 282 valence electrons. The van der Waals surface area contributed by atoms with Gasteiger partial charge in [0.2, 0.25) is 0 Å². The maximum Gasteiger partial charge on any atom is 0.160 e. The molecule has 9 aromatic carbocycles. The first kappa shape index (κ1) is 34.4. The van der Waals surface area contributed by atoms with E-state index in [0.717, 1.165) is 50.5 Å². The third-order valence-electron chi connectivity index (χ3n) is 11.8. The molecule has 0 saturated carbocycles. The van der Waals surface area contributed by atoms with Gasteiger partial charge in [0.05, 0.1) is 11.0 Å². The van der Waals surface area contributed by atoms with Crippen molar-refractivity contribution < 1.29 is 0 Å². The molecule has 1 atom stereocenters. The van der Waals surface area contributed by atoms with Crippen molar-refractivity contribution in [2.45, 2.75) is 6.17 Å². The van der Waals surface area contributed by atoms with E-state index in [0.29, 0.717) is 5.84 Å². The molecule has 0 amide bonds. The monoisotopic (exact) mass is 784 g/mol. The van der Waals surface area contributed by atoms with Crippen LogP contribution in [0.1, 0.15) is 22.9 Å². The van der Waals surface area contributed by atoms with Gasteiger partial charge in [0, 0.05) is 47.8 Å². The highest BCUT2D eigenvalue weighted by Gasteiger charge is 2.25. The average molecular weight is 785 g/mol. The fourth-order valence-electron chi connectivity index (χ4n) is 9.02. The number of fused-ring (bicyclic) bond motifs is 7. The lowest BCUT2D eigenvalue weighted by atomic mass is 9.93. The predicted octanol–water partition coefficient (Wildman–Crippen LogP) is 14.1. The van der Waals surface area contributed by atoms with Gasteiger partial charge in [-0.15, -0.1) is 11.3 Å². The van der Waals surface area contributed by atoms with E-state index in [4.69, 9.17) is 9.98 Å². The van der Waals surface area contributed by atoms with Gasteiger partial charge in [-0.3, -0.25) is 0 Å². The Morgan fingerprint density at radius 1 is 0.450 bits per heavy atom. The summed E-state index contributed by atoms with van der Waals surface area (Å²) in [5, 5.41) is 11.1. The molecular formula is C55H36N4S. The van der Waals surface area contributed by atoms with E-state index < -0.39 is 0 Å². The maximum absolute atomic E-state index is 5.44. The molecule has 3 heterocycles. The van der Waals surface area contributed by atoms with Gasteiger partial charge < -0.3 is 9.88 Å². The number of aliphatic imine (C=N–C) groups is 2. The molecule has 12 rings (SSSR count). The van der Waals surface area contributed by atoms with Gasteiger partial charge in [-0.25, -0.2) is 9.98 Å². The van der Waals surface area contributed by atoms with Crippen molar-refractivity contribution in [2.75, 3.05) is 0 Å². The molecule has 0 radical (unpaired) electrons. The highest BCUT2D eigenvalue weighted by atomic mass is 32.1. The van der Waals surface area contributed by atoms with E-state index in [-0.39, 0.29) is 6.17 Å². The number of benzene rings is 9. The average Bonchev–Trinajstić information content (AvgIpc) is 3.86. The van der Waals surface area contributed by atoms with Crippen molar-refractivity contribution in [3.63, 3.8) is 0 Å². The zero-order chi connectivity index (χ0) is 39.6. The van der Waals surface area contributed by atoms with Gasteiger partial charge in [-0.1, -0.05) is 152 Å². The standard InChI is InChI=1S/C55H36N4S/c1-3-15-35(16-4-1)37-21-13-22-40(31-37)54-56-53(36-17-5-2-6-18-36)57-55(58-54)44-30-29-41(34-46(44)43-25-14-28-51-52(43)45-24-10-12-27-50(45)60-51)59-48-26-11-9-23-42(48)47-32-38-19-7-8-20-39(38)33-49(47)59/h1-34,53H,(H,56,57,58). The predicted molar refractivity (Wildman–Crippen MR) is 254 cm³/mol. The number of rotatable bonds is 6. The number of nitrogens with one attached hydrogen (secondary N) is 1. The Bertz CT molecular complexity index is 3520. The molecule has 0 saturated heterocycles. The van der Waals surface area contributed by atoms with Crippen molar-refractivity contribution in [2.24, 2.45) is 9.98 Å². The third-order valence-corrected chi connectivity index (χ3v) is 13.0. The summed E-state index contributed by atoms with van der Waals surface area (Å²) in [6.07, 6.45) is -0.343. The minimum absolute atomic E-state index is 0.343. The van der Waals surface area contributed by atoms with Crippen LogP contribution in [0, 0.1) is 0 Å². The molecule has 0 fully saturated rings. The second-order valence-corrected chi connectivity index (χ2v) is 16.5. The normalized spacial score (nSPS) is 14.2. The van der Waals surface area contributed by atoms with E-state index >= 15 is 0 Å². The summed E-state index contributed by atoms with van der Waals surface area (Å²) in [6.45, 7) is 0. The summed E-state index contributed by atoms with van der Waals surface area (Å²) in [7, 11) is 0. The molecule has 60 heavy (non-hydrogen) atoms. The van der Waals surface area contributed by atoms with Gasteiger partial charge >= 0.3 is 0 Å². The number of thiophene rings is 1. The second-order valence-electron chi connectivity index (χ2n) is 15.4. The number of amidine groups is 2. The fraction of sp³-hybridized carbons (Fsp3) is 0.0182. The van der Waals surface area contributed by atoms with E-state index in [1.165, 1.54) is 52.8 Å². The topological polar surface area (TPSA) is 41.7 Å². The number of hydrogen-bond acceptors (Lipinski definition) is 4. The molecule has 0 spiro atoms. The van der Waals surface area contributed by atoms with Crippen LogP contribution in [0.5, 0.6) is 0 Å². The van der Waals surface area contributed by atoms with Gasteiger partial charge in [-0.2, -0.15) is 0 Å². The Hall–Kier alpha value is -7.60. The summed E-state index contributed by atoms with van der Waals surface area (Å²) < 4.78 is 4.95. The summed E-state index contributed by atoms with van der Waals surface area (Å²) in [5.41, 5.74) is 11.0. The Kier molecular flexibility index (Phi) is 8.06. The lowest BCUT2D eigenvalue weighted by molar-refractivity contribution is 0.674. The molecular weight excluding hydrogens is 749 g/mol. The number of aromatic nitrogens is 1. The molecule has 0 bridgehead atoms. The Balaban J connectivity index is 1.12. The molecule has 4 nitrogen and oxygen atoms in total. The maximum atomic E-state index is 5.44. The Labute approximate surface area is 351 Å². The quantitative estimate of drug-likeness (QED) is 0.179. The summed E-state index contributed by atoms with van der Waals surface area (Å²) in [5.74, 6) is 1.48. The molecule has 1 aliphatic heterocycles. The van der Waals surface area contributed by atoms with Gasteiger partial charge in [0.1, 0.15) is 12.0 Å². The summed E-state index contributed by atoms with van der Waals surface area (Å²) >= 11 is 1.84. The zero-order valence-electron chi connectivity index (χ0n) is 32.5. The number of nitrogens with zero attached hydrogens (tertiary/aromatic N) is 3. The second kappa shape index (κ2) is 14.0. The first-order chi connectivity index (χ1) is 29.7. The Morgan fingerprint density at radius 2 is 1.13 bits per heavy atom. The smallest absolute Gasteiger partial charge is 0.160 e. The molecule has 1 N–H and O–H groups in total. The van der Waals surface area contributed by atoms with Crippen molar-refractivity contribution in [1.29, 1.82) is 0 Å². The van der Waals surface area contributed by atoms with E-state index in [1.54, 1.807) is 0 Å². The van der Waals surface area contributed by atoms with Crippen LogP contribution >= 0.6 is 11.3 Å². The van der Waals surface area contributed by atoms with E-state index in [9.17, 15) is 0 Å². The molecule has 5 heteroatoms. The fourth-order valence-corrected chi connectivity index (χ4v) is 10.2. The third kappa shape index (κ3) is 5.74. The van der Waals surface area contributed by atoms with Crippen LogP contribution in [-0.2, 0) is 0 Å². The van der Waals surface area contributed by atoms with Crippen LogP contribution in [-0.4, -0.2) is 16.2 Å². The van der Waals surface area contributed by atoms with Crippen LogP contribution in [0.3, 0.4) is 0 Å². The van der Waals surface area contributed by atoms with Gasteiger partial charge in [-0.05, 0) is 93.2 Å². The highest BCUT2D eigenvalue weighted by Crippen LogP contribution is 2.43. The van der Waals surface area contributed by atoms with Crippen LogP contribution in [0.2, 0.25) is 0 Å². The van der Waals surface area contributed by atoms with E-state index in [2.05, 4.69) is 216 Å². The number of hydrogen-bond donors (Lipinski definition) is 1. The SMILES string of the molecule is c1ccc(-c2cccc(C3=NC(c4ccc(-n5c6ccccc6c6cc7ccccc7cc65)cc4-c4cccc5sc6ccccc6c45)=NC(c4ccccc4)N3)c2)cc1. The van der Waals surface area contributed by atoms with Crippen LogP contribution in [0.4, 0.5) is 0 Å². The zero-order valence-corrected chi connectivity index (χ0v) is 33.3. The van der Waals surface area contributed by atoms with Crippen molar-refractivity contribution >= 4 is 75.8 Å². The lowest BCUT2D eigenvalue weighted by Gasteiger charge is -2.25. The Morgan fingerprint density at radius 3 is 2.00 bits per heavy atom. The van der Waals surface area contributed by atoms with Gasteiger partial charge in [0.25, 0.3) is 0 Å². The van der Waals surface area contributed by atoms with Crippen molar-refractivity contribution in [3.05, 3.63) is 223 Å². The minimum Gasteiger partial charge on any atom is -0.344 e. The van der Waals surface area contributed by atoms with Crippen molar-refractivity contribution in [1.82, 2.24) is 9.88 Å². The van der Waals surface area contributed by atoms with Crippen LogP contribution in [0.25, 0.3) is 80.7 Å². The number of para-hydroxylation sites is 1. The lowest BCUT2D eigenvalue weighted by Crippen LogP contribution is -2.33. The first-order valence-corrected chi connectivity index (χ1v) is 21.2. The molecule has 11 aromatic rings. The molecule has 1 aliphatic rings. The molecule has 1 unspecified atom stereocenters. The van der Waals surface area contributed by atoms with Gasteiger partial charge in [0.15, 0.2) is 5.84 Å². The minimum atomic E-state index is -0.343. The van der Waals surface area contributed by atoms with Crippen molar-refractivity contribution in [3.8, 4) is 27.9 Å². The van der Waals surface area contributed by atoms with Crippen LogP contribution < -0.4 is 5.32 Å². The molecule has 0 aliphatic carbocycles. The van der Waals surface area contributed by atoms with E-state index in [1.807, 2.05) is 11.3 Å².